The van der Waals surface area contributed by atoms with Gasteiger partial charge in [0.2, 0.25) is 0 Å². The lowest BCUT2D eigenvalue weighted by molar-refractivity contribution is 0.0690. The van der Waals surface area contributed by atoms with Crippen LogP contribution in [0.2, 0.25) is 0 Å². The number of carboxylic acid groups (broad SMARTS) is 1. The summed E-state index contributed by atoms with van der Waals surface area (Å²) in [5.41, 5.74) is -0.0463. The molecule has 80 valence electrons. The fourth-order valence-corrected chi connectivity index (χ4v) is 1.15. The quantitative estimate of drug-likeness (QED) is 0.734. The minimum atomic E-state index is -1.07. The van der Waals surface area contributed by atoms with Gasteiger partial charge in [-0.05, 0) is 6.92 Å². The minimum absolute atomic E-state index is 0.0463. The van der Waals surface area contributed by atoms with Crippen LogP contribution in [0.25, 0.3) is 0 Å². The van der Waals surface area contributed by atoms with Crippen molar-refractivity contribution in [2.45, 2.75) is 6.92 Å². The van der Waals surface area contributed by atoms with Gasteiger partial charge in [0.25, 0.3) is 0 Å². The highest BCUT2D eigenvalue weighted by atomic mass is 16.4. The molecule has 0 unspecified atom stereocenters. The molecule has 0 radical (unpaired) electrons. The van der Waals surface area contributed by atoms with Crippen LogP contribution in [0.1, 0.15) is 17.4 Å². The lowest BCUT2D eigenvalue weighted by Gasteiger charge is -2.19. The summed E-state index contributed by atoms with van der Waals surface area (Å²) in [4.78, 5) is 20.4. The van der Waals surface area contributed by atoms with Gasteiger partial charge in [0, 0.05) is 13.1 Å². The number of carboxylic acids is 1. The van der Waals surface area contributed by atoms with Crippen LogP contribution in [0.3, 0.4) is 0 Å². The van der Waals surface area contributed by atoms with E-state index in [4.69, 9.17) is 5.11 Å². The monoisotopic (exact) mass is 207 g/mol. The first-order valence-corrected chi connectivity index (χ1v) is 4.60. The number of rotatable bonds is 5. The number of aromatic nitrogens is 2. The number of aromatic carboxylic acids is 1. The van der Waals surface area contributed by atoms with Gasteiger partial charge in [0.05, 0.1) is 12.4 Å². The van der Waals surface area contributed by atoms with Crippen LogP contribution in [0, 0.1) is 0 Å². The molecule has 0 fully saturated rings. The van der Waals surface area contributed by atoms with Gasteiger partial charge >= 0.3 is 5.97 Å². The van der Waals surface area contributed by atoms with Crippen molar-refractivity contribution in [3.63, 3.8) is 0 Å². The molecule has 0 aliphatic heterocycles. The normalized spacial score (nSPS) is 9.67. The van der Waals surface area contributed by atoms with Crippen molar-refractivity contribution >= 4 is 11.8 Å². The molecule has 0 saturated heterocycles. The highest BCUT2D eigenvalue weighted by Gasteiger charge is 2.09. The van der Waals surface area contributed by atoms with Crippen molar-refractivity contribution in [1.29, 1.82) is 0 Å². The molecule has 0 aliphatic carbocycles. The molecular weight excluding hydrogens is 194 g/mol. The molecular formula is C10H13N3O2. The van der Waals surface area contributed by atoms with E-state index in [0.717, 1.165) is 6.54 Å². The number of hydrogen-bond acceptors (Lipinski definition) is 4. The summed E-state index contributed by atoms with van der Waals surface area (Å²) in [7, 11) is 0. The van der Waals surface area contributed by atoms with Gasteiger partial charge in [0.1, 0.15) is 5.82 Å². The maximum atomic E-state index is 10.7. The van der Waals surface area contributed by atoms with Crippen molar-refractivity contribution in [3.05, 3.63) is 30.7 Å². The maximum Gasteiger partial charge on any atom is 0.356 e. The van der Waals surface area contributed by atoms with Gasteiger partial charge in [-0.2, -0.15) is 0 Å². The lowest BCUT2D eigenvalue weighted by Crippen LogP contribution is -2.24. The third-order valence-electron chi connectivity index (χ3n) is 1.90. The molecule has 0 atom stereocenters. The fraction of sp³-hybridized carbons (Fsp3) is 0.300. The summed E-state index contributed by atoms with van der Waals surface area (Å²) in [5, 5.41) is 8.75. The predicted molar refractivity (Wildman–Crippen MR) is 57.1 cm³/mol. The Morgan fingerprint density at radius 1 is 1.67 bits per heavy atom. The van der Waals surface area contributed by atoms with E-state index in [1.54, 1.807) is 12.3 Å². The van der Waals surface area contributed by atoms with Crippen LogP contribution >= 0.6 is 0 Å². The van der Waals surface area contributed by atoms with Crippen molar-refractivity contribution in [1.82, 2.24) is 9.97 Å². The van der Waals surface area contributed by atoms with Gasteiger partial charge in [-0.25, -0.2) is 9.78 Å². The minimum Gasteiger partial charge on any atom is -0.476 e. The van der Waals surface area contributed by atoms with Crippen molar-refractivity contribution in [2.24, 2.45) is 0 Å². The molecule has 0 amide bonds. The van der Waals surface area contributed by atoms with E-state index in [2.05, 4.69) is 16.5 Å². The van der Waals surface area contributed by atoms with Crippen molar-refractivity contribution in [3.8, 4) is 0 Å². The molecule has 0 aromatic carbocycles. The number of anilines is 1. The second kappa shape index (κ2) is 5.09. The number of carbonyl (C=O) groups is 1. The number of hydrogen-bond donors (Lipinski definition) is 1. The predicted octanol–water partition coefficient (Wildman–Crippen LogP) is 1.19. The van der Waals surface area contributed by atoms with E-state index in [1.807, 2.05) is 11.8 Å². The zero-order chi connectivity index (χ0) is 11.3. The zero-order valence-electron chi connectivity index (χ0n) is 8.55. The molecule has 1 heterocycles. The first-order chi connectivity index (χ1) is 7.19. The Kier molecular flexibility index (Phi) is 3.79. The van der Waals surface area contributed by atoms with Crippen LogP contribution in [0.15, 0.2) is 25.0 Å². The molecule has 1 N–H and O–H groups in total. The summed E-state index contributed by atoms with van der Waals surface area (Å²) in [6.07, 6.45) is 4.51. The van der Waals surface area contributed by atoms with E-state index in [9.17, 15) is 4.79 Å². The number of nitrogens with zero attached hydrogens (tertiary/aromatic N) is 3. The first kappa shape index (κ1) is 11.2. The van der Waals surface area contributed by atoms with E-state index in [0.29, 0.717) is 12.4 Å². The van der Waals surface area contributed by atoms with Crippen LogP contribution < -0.4 is 4.90 Å². The average molecular weight is 207 g/mol. The molecule has 5 heteroatoms. The molecule has 0 spiro atoms. The van der Waals surface area contributed by atoms with E-state index in [-0.39, 0.29) is 5.69 Å². The second-order valence-electron chi connectivity index (χ2n) is 2.89. The first-order valence-electron chi connectivity index (χ1n) is 4.60. The standard InChI is InChI=1S/C10H13N3O2/c1-3-5-13(4-2)9-7-11-6-8(12-9)10(14)15/h3,6-7H,1,4-5H2,2H3,(H,14,15). The third-order valence-corrected chi connectivity index (χ3v) is 1.90. The fourth-order valence-electron chi connectivity index (χ4n) is 1.15. The Morgan fingerprint density at radius 2 is 2.40 bits per heavy atom. The number of likely N-dealkylation sites (N-methyl/N-ethyl adjacent to an activating group) is 1. The molecule has 1 rings (SSSR count). The zero-order valence-corrected chi connectivity index (χ0v) is 8.55. The Labute approximate surface area is 88.1 Å². The van der Waals surface area contributed by atoms with E-state index < -0.39 is 5.97 Å². The lowest BCUT2D eigenvalue weighted by atomic mass is 10.4. The third kappa shape index (κ3) is 2.77. The Morgan fingerprint density at radius 3 is 2.93 bits per heavy atom. The molecule has 0 saturated carbocycles. The van der Waals surface area contributed by atoms with E-state index in [1.165, 1.54) is 6.20 Å². The topological polar surface area (TPSA) is 66.3 Å². The highest BCUT2D eigenvalue weighted by molar-refractivity contribution is 5.85. The van der Waals surface area contributed by atoms with Gasteiger partial charge in [0.15, 0.2) is 5.69 Å². The summed E-state index contributed by atoms with van der Waals surface area (Å²) in [6, 6.07) is 0. The summed E-state index contributed by atoms with van der Waals surface area (Å²) >= 11 is 0. The van der Waals surface area contributed by atoms with E-state index >= 15 is 0 Å². The van der Waals surface area contributed by atoms with Crippen LogP contribution in [0.5, 0.6) is 0 Å². The molecule has 5 nitrogen and oxygen atoms in total. The second-order valence-corrected chi connectivity index (χ2v) is 2.89. The summed E-state index contributed by atoms with van der Waals surface area (Å²) < 4.78 is 0. The van der Waals surface area contributed by atoms with Gasteiger partial charge in [-0.1, -0.05) is 6.08 Å². The molecule has 0 aliphatic rings. The van der Waals surface area contributed by atoms with Gasteiger partial charge < -0.3 is 10.0 Å². The SMILES string of the molecule is C=CCN(CC)c1cncc(C(=O)O)n1. The molecule has 1 aromatic rings. The van der Waals surface area contributed by atoms with Gasteiger partial charge in [-0.15, -0.1) is 6.58 Å². The molecule has 0 bridgehead atoms. The summed E-state index contributed by atoms with van der Waals surface area (Å²) in [6.45, 7) is 6.93. The highest BCUT2D eigenvalue weighted by Crippen LogP contribution is 2.09. The molecule has 15 heavy (non-hydrogen) atoms. The van der Waals surface area contributed by atoms with Crippen molar-refractivity contribution in [2.75, 3.05) is 18.0 Å². The Bertz CT molecular complexity index is 365. The Hall–Kier alpha value is -1.91. The largest absolute Gasteiger partial charge is 0.476 e. The molecule has 1 aromatic heterocycles. The van der Waals surface area contributed by atoms with Gasteiger partial charge in [-0.3, -0.25) is 4.98 Å². The smallest absolute Gasteiger partial charge is 0.356 e. The van der Waals surface area contributed by atoms with Crippen LogP contribution in [-0.4, -0.2) is 34.1 Å². The van der Waals surface area contributed by atoms with Crippen LogP contribution in [-0.2, 0) is 0 Å². The average Bonchev–Trinajstić information content (AvgIpc) is 2.26. The Balaban J connectivity index is 2.97. The van der Waals surface area contributed by atoms with Crippen molar-refractivity contribution < 1.29 is 9.90 Å². The van der Waals surface area contributed by atoms with Crippen LogP contribution in [0.4, 0.5) is 5.82 Å². The summed E-state index contributed by atoms with van der Waals surface area (Å²) in [5.74, 6) is -0.517. The maximum absolute atomic E-state index is 10.7.